The highest BCUT2D eigenvalue weighted by atomic mass is 19.4. The lowest BCUT2D eigenvalue weighted by Gasteiger charge is -2.24. The number of halogens is 3. The maximum Gasteiger partial charge on any atom is 0.401 e. The van der Waals surface area contributed by atoms with E-state index in [4.69, 9.17) is 0 Å². The van der Waals surface area contributed by atoms with Gasteiger partial charge in [-0.15, -0.1) is 0 Å². The van der Waals surface area contributed by atoms with Crippen molar-refractivity contribution in [3.63, 3.8) is 0 Å². The molecule has 1 N–H and O–H groups in total. The van der Waals surface area contributed by atoms with Crippen LogP contribution in [-0.4, -0.2) is 43.3 Å². The van der Waals surface area contributed by atoms with Crippen molar-refractivity contribution in [2.75, 3.05) is 26.2 Å². The molecule has 0 aromatic carbocycles. The summed E-state index contributed by atoms with van der Waals surface area (Å²) in [6, 6.07) is 0.111. The fraction of sp³-hybridized carbons (Fsp3) is 0.833. The summed E-state index contributed by atoms with van der Waals surface area (Å²) >= 11 is 0. The first-order chi connectivity index (χ1) is 7.92. The molecule has 1 saturated carbocycles. The highest BCUT2D eigenvalue weighted by Crippen LogP contribution is 2.30. The van der Waals surface area contributed by atoms with Crippen molar-refractivity contribution in [3.8, 4) is 0 Å². The SMILES string of the molecule is C=C(CNCCC)CN(CC(F)(F)F)C1CC1. The summed E-state index contributed by atoms with van der Waals surface area (Å²) in [5, 5.41) is 3.15. The Kier molecular flexibility index (Phi) is 5.46. The van der Waals surface area contributed by atoms with Crippen LogP contribution < -0.4 is 5.32 Å². The molecule has 0 heterocycles. The van der Waals surface area contributed by atoms with E-state index in [1.807, 2.05) is 0 Å². The first-order valence-electron chi connectivity index (χ1n) is 6.10. The molecule has 0 atom stereocenters. The molecule has 0 bridgehead atoms. The van der Waals surface area contributed by atoms with E-state index in [9.17, 15) is 13.2 Å². The van der Waals surface area contributed by atoms with Crippen LogP contribution in [0.25, 0.3) is 0 Å². The summed E-state index contributed by atoms with van der Waals surface area (Å²) in [6.07, 6.45) is -1.33. The molecule has 5 heteroatoms. The molecule has 0 aromatic heterocycles. The van der Waals surface area contributed by atoms with Crippen LogP contribution in [0.5, 0.6) is 0 Å². The number of rotatable bonds is 8. The fourth-order valence-electron chi connectivity index (χ4n) is 1.77. The highest BCUT2D eigenvalue weighted by Gasteiger charge is 2.37. The molecule has 0 radical (unpaired) electrons. The molecule has 0 spiro atoms. The van der Waals surface area contributed by atoms with Crippen molar-refractivity contribution < 1.29 is 13.2 Å². The molecule has 1 aliphatic rings. The van der Waals surface area contributed by atoms with Crippen molar-refractivity contribution in [2.24, 2.45) is 0 Å². The molecular weight excluding hydrogens is 229 g/mol. The predicted molar refractivity (Wildman–Crippen MR) is 63.0 cm³/mol. The van der Waals surface area contributed by atoms with Gasteiger partial charge in [-0.05, 0) is 31.4 Å². The van der Waals surface area contributed by atoms with Crippen LogP contribution in [0, 0.1) is 0 Å². The Morgan fingerprint density at radius 3 is 2.53 bits per heavy atom. The first kappa shape index (κ1) is 14.5. The Balaban J connectivity index is 2.31. The molecule has 100 valence electrons. The van der Waals surface area contributed by atoms with E-state index in [0.717, 1.165) is 31.4 Å². The van der Waals surface area contributed by atoms with E-state index in [-0.39, 0.29) is 6.04 Å². The Labute approximate surface area is 101 Å². The van der Waals surface area contributed by atoms with Crippen LogP contribution >= 0.6 is 0 Å². The van der Waals surface area contributed by atoms with E-state index in [0.29, 0.717) is 13.1 Å². The van der Waals surface area contributed by atoms with Crippen molar-refractivity contribution >= 4 is 0 Å². The third-order valence-electron chi connectivity index (χ3n) is 2.67. The highest BCUT2D eigenvalue weighted by molar-refractivity contribution is 5.02. The van der Waals surface area contributed by atoms with E-state index in [1.54, 1.807) is 0 Å². The molecule has 1 aliphatic carbocycles. The van der Waals surface area contributed by atoms with Crippen LogP contribution in [-0.2, 0) is 0 Å². The number of alkyl halides is 3. The average molecular weight is 250 g/mol. The van der Waals surface area contributed by atoms with Crippen molar-refractivity contribution in [2.45, 2.75) is 38.4 Å². The van der Waals surface area contributed by atoms with Gasteiger partial charge in [0.05, 0.1) is 6.54 Å². The quantitative estimate of drug-likeness (QED) is 0.526. The molecule has 0 aromatic rings. The second-order valence-corrected chi connectivity index (χ2v) is 4.68. The second-order valence-electron chi connectivity index (χ2n) is 4.68. The topological polar surface area (TPSA) is 15.3 Å². The Hall–Kier alpha value is -0.550. The van der Waals surface area contributed by atoms with E-state index >= 15 is 0 Å². The van der Waals surface area contributed by atoms with Gasteiger partial charge in [0.1, 0.15) is 0 Å². The summed E-state index contributed by atoms with van der Waals surface area (Å²) < 4.78 is 37.1. The van der Waals surface area contributed by atoms with Crippen molar-refractivity contribution in [3.05, 3.63) is 12.2 Å². The lowest BCUT2D eigenvalue weighted by atomic mass is 10.2. The number of hydrogen-bond donors (Lipinski definition) is 1. The smallest absolute Gasteiger partial charge is 0.313 e. The molecular formula is C12H21F3N2. The van der Waals surface area contributed by atoms with E-state index in [2.05, 4.69) is 18.8 Å². The maximum absolute atomic E-state index is 12.4. The molecule has 0 aliphatic heterocycles. The number of nitrogens with zero attached hydrogens (tertiary/aromatic N) is 1. The average Bonchev–Trinajstić information content (AvgIpc) is 2.98. The molecule has 0 unspecified atom stereocenters. The lowest BCUT2D eigenvalue weighted by Crippen LogP contribution is -2.38. The van der Waals surface area contributed by atoms with Crippen LogP contribution in [0.3, 0.4) is 0 Å². The second kappa shape index (κ2) is 6.40. The normalized spacial score (nSPS) is 16.5. The zero-order valence-corrected chi connectivity index (χ0v) is 10.3. The summed E-state index contributed by atoms with van der Waals surface area (Å²) in [7, 11) is 0. The zero-order valence-electron chi connectivity index (χ0n) is 10.3. The van der Waals surface area contributed by atoms with Gasteiger partial charge in [-0.25, -0.2) is 0 Å². The summed E-state index contributed by atoms with van der Waals surface area (Å²) in [5.41, 5.74) is 0.828. The van der Waals surface area contributed by atoms with Gasteiger partial charge in [0.2, 0.25) is 0 Å². The van der Waals surface area contributed by atoms with E-state index in [1.165, 1.54) is 4.90 Å². The first-order valence-corrected chi connectivity index (χ1v) is 6.10. The van der Waals surface area contributed by atoms with Gasteiger partial charge in [0, 0.05) is 19.1 Å². The Morgan fingerprint density at radius 1 is 1.41 bits per heavy atom. The van der Waals surface area contributed by atoms with Crippen molar-refractivity contribution in [1.29, 1.82) is 0 Å². The van der Waals surface area contributed by atoms with Crippen molar-refractivity contribution in [1.82, 2.24) is 10.2 Å². The number of hydrogen-bond acceptors (Lipinski definition) is 2. The minimum Gasteiger partial charge on any atom is -0.313 e. The summed E-state index contributed by atoms with van der Waals surface area (Å²) in [4.78, 5) is 1.50. The van der Waals surface area contributed by atoms with Gasteiger partial charge in [0.25, 0.3) is 0 Å². The van der Waals surface area contributed by atoms with Gasteiger partial charge in [-0.2, -0.15) is 13.2 Å². The fourth-order valence-corrected chi connectivity index (χ4v) is 1.77. The van der Waals surface area contributed by atoms with Gasteiger partial charge < -0.3 is 5.32 Å². The minimum absolute atomic E-state index is 0.111. The molecule has 2 nitrogen and oxygen atoms in total. The predicted octanol–water partition coefficient (Wildman–Crippen LogP) is 2.57. The monoisotopic (exact) mass is 250 g/mol. The van der Waals surface area contributed by atoms with Gasteiger partial charge in [-0.1, -0.05) is 13.5 Å². The van der Waals surface area contributed by atoms with Crippen LogP contribution in [0.1, 0.15) is 26.2 Å². The minimum atomic E-state index is -4.11. The summed E-state index contributed by atoms with van der Waals surface area (Å²) in [6.45, 7) is 6.90. The van der Waals surface area contributed by atoms with Crippen LogP contribution in [0.2, 0.25) is 0 Å². The zero-order chi connectivity index (χ0) is 12.9. The van der Waals surface area contributed by atoms with Gasteiger partial charge in [-0.3, -0.25) is 4.90 Å². The third kappa shape index (κ3) is 6.68. The van der Waals surface area contributed by atoms with Crippen LogP contribution in [0.15, 0.2) is 12.2 Å². The lowest BCUT2D eigenvalue weighted by molar-refractivity contribution is -0.146. The molecule has 0 amide bonds. The summed E-state index contributed by atoms with van der Waals surface area (Å²) in [5.74, 6) is 0. The maximum atomic E-state index is 12.4. The third-order valence-corrected chi connectivity index (χ3v) is 2.67. The largest absolute Gasteiger partial charge is 0.401 e. The Bertz CT molecular complexity index is 247. The molecule has 1 fully saturated rings. The molecule has 0 saturated heterocycles. The number of nitrogens with one attached hydrogen (secondary N) is 1. The van der Waals surface area contributed by atoms with Gasteiger partial charge >= 0.3 is 6.18 Å². The molecule has 1 rings (SSSR count). The Morgan fingerprint density at radius 2 is 2.06 bits per heavy atom. The molecule has 17 heavy (non-hydrogen) atoms. The van der Waals surface area contributed by atoms with Gasteiger partial charge in [0.15, 0.2) is 0 Å². The van der Waals surface area contributed by atoms with Crippen LogP contribution in [0.4, 0.5) is 13.2 Å². The van der Waals surface area contributed by atoms with E-state index < -0.39 is 12.7 Å². The standard InChI is InChI=1S/C12H21F3N2/c1-3-6-16-7-10(2)8-17(11-4-5-11)9-12(13,14)15/h11,16H,2-9H2,1H3.